The zero-order valence-corrected chi connectivity index (χ0v) is 12.8. The lowest BCUT2D eigenvalue weighted by Gasteiger charge is -2.20. The van der Waals surface area contributed by atoms with E-state index in [0.29, 0.717) is 6.61 Å². The Kier molecular flexibility index (Phi) is 5.34. The highest BCUT2D eigenvalue weighted by atomic mass is 19.1. The number of hydrogen-bond donors (Lipinski definition) is 1. The molecule has 0 aliphatic rings. The summed E-state index contributed by atoms with van der Waals surface area (Å²) in [7, 11) is 0. The largest absolute Gasteiger partial charge is 0.494 e. The van der Waals surface area contributed by atoms with Crippen molar-refractivity contribution in [2.45, 2.75) is 26.8 Å². The van der Waals surface area contributed by atoms with Crippen LogP contribution >= 0.6 is 0 Å². The molecule has 0 bridgehead atoms. The molecule has 2 nitrogen and oxygen atoms in total. The van der Waals surface area contributed by atoms with Gasteiger partial charge in [0.05, 0.1) is 12.6 Å². The lowest BCUT2D eigenvalue weighted by atomic mass is 9.97. The molecule has 3 heteroatoms. The summed E-state index contributed by atoms with van der Waals surface area (Å²) >= 11 is 0. The zero-order chi connectivity index (χ0) is 15.2. The van der Waals surface area contributed by atoms with E-state index in [9.17, 15) is 4.39 Å². The minimum Gasteiger partial charge on any atom is -0.494 e. The SMILES string of the molecule is CCNC(c1ccc(OCC)cc1)c1cc(C)cc(F)c1. The Morgan fingerprint density at radius 2 is 1.76 bits per heavy atom. The monoisotopic (exact) mass is 287 g/mol. The number of halogens is 1. The molecule has 112 valence electrons. The zero-order valence-electron chi connectivity index (χ0n) is 12.8. The van der Waals surface area contributed by atoms with Gasteiger partial charge in [-0.1, -0.05) is 25.1 Å². The molecule has 0 saturated heterocycles. The Hall–Kier alpha value is -1.87. The van der Waals surface area contributed by atoms with E-state index in [0.717, 1.165) is 29.0 Å². The highest BCUT2D eigenvalue weighted by Gasteiger charge is 2.14. The minimum absolute atomic E-state index is 0.0138. The van der Waals surface area contributed by atoms with Gasteiger partial charge in [0, 0.05) is 0 Å². The molecule has 2 aromatic rings. The molecule has 0 aliphatic heterocycles. The van der Waals surface area contributed by atoms with E-state index < -0.39 is 0 Å². The topological polar surface area (TPSA) is 21.3 Å². The van der Waals surface area contributed by atoms with E-state index in [-0.39, 0.29) is 11.9 Å². The molecule has 0 aliphatic carbocycles. The first kappa shape index (κ1) is 15.5. The molecular weight excluding hydrogens is 265 g/mol. The van der Waals surface area contributed by atoms with Crippen LogP contribution in [-0.4, -0.2) is 13.2 Å². The predicted octanol–water partition coefficient (Wildman–Crippen LogP) is 4.23. The van der Waals surface area contributed by atoms with Crippen molar-refractivity contribution in [1.29, 1.82) is 0 Å². The Bertz CT molecular complexity index is 560. The van der Waals surface area contributed by atoms with Crippen LogP contribution in [0.4, 0.5) is 4.39 Å². The van der Waals surface area contributed by atoms with E-state index in [2.05, 4.69) is 5.32 Å². The van der Waals surface area contributed by atoms with Crippen molar-refractivity contribution in [3.05, 3.63) is 65.0 Å². The minimum atomic E-state index is -0.196. The lowest BCUT2D eigenvalue weighted by Crippen LogP contribution is -2.22. The highest BCUT2D eigenvalue weighted by molar-refractivity contribution is 5.37. The van der Waals surface area contributed by atoms with Crippen molar-refractivity contribution >= 4 is 0 Å². The maximum absolute atomic E-state index is 13.7. The molecule has 1 unspecified atom stereocenters. The molecule has 2 aromatic carbocycles. The molecule has 21 heavy (non-hydrogen) atoms. The average Bonchev–Trinajstić information content (AvgIpc) is 2.45. The standard InChI is InChI=1S/C18H22FNO/c1-4-20-18(15-10-13(3)11-16(19)12-15)14-6-8-17(9-7-14)21-5-2/h6-12,18,20H,4-5H2,1-3H3. The Morgan fingerprint density at radius 1 is 1.05 bits per heavy atom. The number of nitrogens with one attached hydrogen (secondary N) is 1. The van der Waals surface area contributed by atoms with Gasteiger partial charge in [0.1, 0.15) is 11.6 Å². The lowest BCUT2D eigenvalue weighted by molar-refractivity contribution is 0.340. The van der Waals surface area contributed by atoms with Crippen LogP contribution in [0.3, 0.4) is 0 Å². The summed E-state index contributed by atoms with van der Waals surface area (Å²) in [6.07, 6.45) is 0. The van der Waals surface area contributed by atoms with E-state index >= 15 is 0 Å². The summed E-state index contributed by atoms with van der Waals surface area (Å²) in [5, 5.41) is 3.41. The Balaban J connectivity index is 2.33. The van der Waals surface area contributed by atoms with E-state index in [4.69, 9.17) is 4.74 Å². The molecular formula is C18H22FNO. The fraction of sp³-hybridized carbons (Fsp3) is 0.333. The van der Waals surface area contributed by atoms with Crippen molar-refractivity contribution < 1.29 is 9.13 Å². The second-order valence-electron chi connectivity index (χ2n) is 5.05. The van der Waals surface area contributed by atoms with Crippen LogP contribution in [-0.2, 0) is 0 Å². The second kappa shape index (κ2) is 7.23. The van der Waals surface area contributed by atoms with Gasteiger partial charge in [0.15, 0.2) is 0 Å². The number of benzene rings is 2. The second-order valence-corrected chi connectivity index (χ2v) is 5.05. The number of ether oxygens (including phenoxy) is 1. The summed E-state index contributed by atoms with van der Waals surface area (Å²) in [6.45, 7) is 7.39. The van der Waals surface area contributed by atoms with Crippen LogP contribution in [0.2, 0.25) is 0 Å². The molecule has 0 amide bonds. The third kappa shape index (κ3) is 4.05. The van der Waals surface area contributed by atoms with Crippen molar-refractivity contribution in [2.24, 2.45) is 0 Å². The highest BCUT2D eigenvalue weighted by Crippen LogP contribution is 2.25. The van der Waals surface area contributed by atoms with E-state index in [1.807, 2.05) is 51.1 Å². The van der Waals surface area contributed by atoms with E-state index in [1.165, 1.54) is 0 Å². The number of rotatable bonds is 6. The maximum Gasteiger partial charge on any atom is 0.123 e. The fourth-order valence-electron chi connectivity index (χ4n) is 2.49. The first-order valence-corrected chi connectivity index (χ1v) is 7.37. The van der Waals surface area contributed by atoms with Gasteiger partial charge in [-0.15, -0.1) is 0 Å². The van der Waals surface area contributed by atoms with E-state index in [1.54, 1.807) is 12.1 Å². The summed E-state index contributed by atoms with van der Waals surface area (Å²) in [6, 6.07) is 13.1. The average molecular weight is 287 g/mol. The van der Waals surface area contributed by atoms with Gasteiger partial charge in [-0.05, 0) is 61.3 Å². The van der Waals surface area contributed by atoms with Gasteiger partial charge >= 0.3 is 0 Å². The number of aryl methyl sites for hydroxylation is 1. The van der Waals surface area contributed by atoms with Crippen molar-refractivity contribution in [1.82, 2.24) is 5.32 Å². The first-order chi connectivity index (χ1) is 10.1. The van der Waals surface area contributed by atoms with Crippen LogP contribution in [0.5, 0.6) is 5.75 Å². The molecule has 0 radical (unpaired) electrons. The first-order valence-electron chi connectivity index (χ1n) is 7.37. The van der Waals surface area contributed by atoms with Gasteiger partial charge in [-0.25, -0.2) is 4.39 Å². The Labute approximate surface area is 126 Å². The van der Waals surface area contributed by atoms with Gasteiger partial charge in [-0.2, -0.15) is 0 Å². The molecule has 0 spiro atoms. The van der Waals surface area contributed by atoms with Crippen molar-refractivity contribution in [3.63, 3.8) is 0 Å². The Morgan fingerprint density at radius 3 is 2.33 bits per heavy atom. The maximum atomic E-state index is 13.7. The molecule has 2 rings (SSSR count). The molecule has 0 saturated carbocycles. The molecule has 1 N–H and O–H groups in total. The predicted molar refractivity (Wildman–Crippen MR) is 84.3 cm³/mol. The van der Waals surface area contributed by atoms with Gasteiger partial charge < -0.3 is 10.1 Å². The van der Waals surface area contributed by atoms with Gasteiger partial charge in [0.2, 0.25) is 0 Å². The summed E-state index contributed by atoms with van der Waals surface area (Å²) in [4.78, 5) is 0. The summed E-state index contributed by atoms with van der Waals surface area (Å²) in [5.74, 6) is 0.658. The van der Waals surface area contributed by atoms with Crippen molar-refractivity contribution in [3.8, 4) is 5.75 Å². The van der Waals surface area contributed by atoms with Crippen molar-refractivity contribution in [2.75, 3.05) is 13.2 Å². The van der Waals surface area contributed by atoms with Crippen LogP contribution in [0, 0.1) is 12.7 Å². The molecule has 0 fully saturated rings. The number of hydrogen-bond acceptors (Lipinski definition) is 2. The summed E-state index contributed by atoms with van der Waals surface area (Å²) < 4.78 is 19.1. The third-order valence-corrected chi connectivity index (χ3v) is 3.33. The molecule has 0 aromatic heterocycles. The summed E-state index contributed by atoms with van der Waals surface area (Å²) in [5.41, 5.74) is 2.97. The van der Waals surface area contributed by atoms with Crippen LogP contribution in [0.25, 0.3) is 0 Å². The third-order valence-electron chi connectivity index (χ3n) is 3.33. The quantitative estimate of drug-likeness (QED) is 0.858. The normalized spacial score (nSPS) is 12.2. The fourth-order valence-corrected chi connectivity index (χ4v) is 2.49. The van der Waals surface area contributed by atoms with Crippen LogP contribution < -0.4 is 10.1 Å². The molecule has 0 heterocycles. The molecule has 1 atom stereocenters. The van der Waals surface area contributed by atoms with Gasteiger partial charge in [0.25, 0.3) is 0 Å². The smallest absolute Gasteiger partial charge is 0.123 e. The van der Waals surface area contributed by atoms with Gasteiger partial charge in [-0.3, -0.25) is 0 Å². The van der Waals surface area contributed by atoms with Crippen LogP contribution in [0.1, 0.15) is 36.6 Å². The van der Waals surface area contributed by atoms with Crippen LogP contribution in [0.15, 0.2) is 42.5 Å².